The Kier molecular flexibility index (Phi) is 13.4. The second-order valence-electron chi connectivity index (χ2n) is 5.86. The molecule has 0 heterocycles. The predicted molar refractivity (Wildman–Crippen MR) is 92.0 cm³/mol. The van der Waals surface area contributed by atoms with Crippen LogP contribution >= 0.6 is 0 Å². The molecular weight excluding hydrogens is 352 g/mol. The number of rotatable bonds is 16. The highest BCUT2D eigenvalue weighted by molar-refractivity contribution is 7.87. The van der Waals surface area contributed by atoms with Crippen molar-refractivity contribution in [2.45, 2.75) is 70.0 Å². The van der Waals surface area contributed by atoms with Gasteiger partial charge in [-0.3, -0.25) is 14.1 Å². The van der Waals surface area contributed by atoms with Crippen LogP contribution < -0.4 is 0 Å². The Balaban J connectivity index is 3.69. The first kappa shape index (κ1) is 23.8. The van der Waals surface area contributed by atoms with E-state index in [4.69, 9.17) is 14.4 Å². The first-order valence-electron chi connectivity index (χ1n) is 8.71. The number of hydrogen-bond acceptors (Lipinski definition) is 6. The van der Waals surface area contributed by atoms with Crippen molar-refractivity contribution in [1.29, 1.82) is 0 Å². The Labute approximate surface area is 149 Å². The van der Waals surface area contributed by atoms with Crippen LogP contribution in [-0.2, 0) is 29.2 Å². The summed E-state index contributed by atoms with van der Waals surface area (Å²) in [5, 5.41) is 6.45. The van der Waals surface area contributed by atoms with Gasteiger partial charge < -0.3 is 14.6 Å². The van der Waals surface area contributed by atoms with Crippen molar-refractivity contribution in [3.63, 3.8) is 0 Å². The van der Waals surface area contributed by atoms with E-state index < -0.39 is 33.7 Å². The highest BCUT2D eigenvalue weighted by Gasteiger charge is 2.34. The monoisotopic (exact) mass is 382 g/mol. The van der Waals surface area contributed by atoms with Gasteiger partial charge in [-0.15, -0.1) is 0 Å². The fourth-order valence-electron chi connectivity index (χ4n) is 2.20. The number of aliphatic carboxylic acids is 1. The fourth-order valence-corrected chi connectivity index (χ4v) is 2.87. The first-order valence-corrected chi connectivity index (χ1v) is 10.2. The molecule has 0 aromatic carbocycles. The summed E-state index contributed by atoms with van der Waals surface area (Å²) in [5.41, 5.74) is 0. The molecule has 0 aliphatic carbocycles. The molecular formula is C16H30O8S. The molecule has 148 valence electrons. The van der Waals surface area contributed by atoms with Crippen LogP contribution in [-0.4, -0.2) is 55.1 Å². The molecule has 25 heavy (non-hydrogen) atoms. The van der Waals surface area contributed by atoms with Gasteiger partial charge in [-0.05, 0) is 6.42 Å². The van der Waals surface area contributed by atoms with Gasteiger partial charge in [-0.2, -0.15) is 8.42 Å². The van der Waals surface area contributed by atoms with Gasteiger partial charge in [0.15, 0.2) is 5.25 Å². The quantitative estimate of drug-likeness (QED) is 0.237. The van der Waals surface area contributed by atoms with Crippen molar-refractivity contribution in [2.24, 2.45) is 0 Å². The van der Waals surface area contributed by atoms with Gasteiger partial charge in [0.25, 0.3) is 10.1 Å². The van der Waals surface area contributed by atoms with E-state index in [9.17, 15) is 18.0 Å². The minimum absolute atomic E-state index is 0.0908. The number of carbonyl (C=O) groups excluding carboxylic acids is 1. The molecule has 0 rings (SSSR count). The average molecular weight is 382 g/mol. The lowest BCUT2D eigenvalue weighted by Crippen LogP contribution is -2.34. The smallest absolute Gasteiger partial charge is 0.327 e. The van der Waals surface area contributed by atoms with Gasteiger partial charge in [-0.1, -0.05) is 51.9 Å². The highest BCUT2D eigenvalue weighted by atomic mass is 32.2. The third-order valence-electron chi connectivity index (χ3n) is 3.60. The maximum atomic E-state index is 11.5. The summed E-state index contributed by atoms with van der Waals surface area (Å²) in [5.74, 6) is -2.81. The Morgan fingerprint density at radius 1 is 0.920 bits per heavy atom. The highest BCUT2D eigenvalue weighted by Crippen LogP contribution is 2.09. The lowest BCUT2D eigenvalue weighted by atomic mass is 10.1. The zero-order valence-corrected chi connectivity index (χ0v) is 15.6. The maximum absolute atomic E-state index is 11.5. The molecule has 1 unspecified atom stereocenters. The Bertz CT molecular complexity index is 475. The van der Waals surface area contributed by atoms with Gasteiger partial charge >= 0.3 is 11.9 Å². The van der Waals surface area contributed by atoms with E-state index in [-0.39, 0.29) is 13.2 Å². The second-order valence-corrected chi connectivity index (χ2v) is 7.46. The Morgan fingerprint density at radius 3 is 2.00 bits per heavy atom. The number of carboxylic acids is 1. The number of unbranched alkanes of at least 4 members (excludes halogenated alkanes) is 7. The topological polar surface area (TPSA) is 127 Å². The predicted octanol–water partition coefficient (Wildman–Crippen LogP) is 2.42. The van der Waals surface area contributed by atoms with E-state index in [1.807, 2.05) is 0 Å². The third kappa shape index (κ3) is 13.7. The number of carboxylic acid groups (broad SMARTS) is 1. The molecule has 0 saturated heterocycles. The Hall–Kier alpha value is -1.19. The van der Waals surface area contributed by atoms with Crippen molar-refractivity contribution in [1.82, 2.24) is 0 Å². The summed E-state index contributed by atoms with van der Waals surface area (Å²) in [6.45, 7) is 2.60. The van der Waals surface area contributed by atoms with Crippen LogP contribution in [0.3, 0.4) is 0 Å². The molecule has 0 bridgehead atoms. The van der Waals surface area contributed by atoms with Crippen molar-refractivity contribution in [2.75, 3.05) is 19.8 Å². The van der Waals surface area contributed by atoms with Gasteiger partial charge in [0.2, 0.25) is 0 Å². The molecule has 0 aromatic heterocycles. The number of hydrogen-bond donors (Lipinski definition) is 2. The number of carbonyl (C=O) groups is 2. The van der Waals surface area contributed by atoms with Crippen molar-refractivity contribution < 1.29 is 37.1 Å². The molecule has 2 N–H and O–H groups in total. The van der Waals surface area contributed by atoms with Crippen molar-refractivity contribution in [3.8, 4) is 0 Å². The molecule has 0 spiro atoms. The van der Waals surface area contributed by atoms with E-state index in [0.717, 1.165) is 19.3 Å². The van der Waals surface area contributed by atoms with E-state index in [0.29, 0.717) is 6.61 Å². The van der Waals surface area contributed by atoms with Crippen LogP contribution in [0, 0.1) is 0 Å². The number of esters is 1. The lowest BCUT2D eigenvalue weighted by Gasteiger charge is -2.11. The standard InChI is InChI=1S/C16H30O8S/c1-2-3-4-5-6-7-8-9-10-23-11-12-24-16(19)14(13-15(17)18)25(20,21)22/h14H,2-13H2,1H3,(H,17,18)(H,20,21,22). The van der Waals surface area contributed by atoms with Gasteiger partial charge in [0, 0.05) is 6.61 Å². The van der Waals surface area contributed by atoms with Crippen LogP contribution in [0.25, 0.3) is 0 Å². The molecule has 0 aliphatic rings. The van der Waals surface area contributed by atoms with Crippen LogP contribution in [0.1, 0.15) is 64.7 Å². The van der Waals surface area contributed by atoms with Crippen LogP contribution in [0.5, 0.6) is 0 Å². The fraction of sp³-hybridized carbons (Fsp3) is 0.875. The summed E-state index contributed by atoms with van der Waals surface area (Å²) in [6.07, 6.45) is 8.36. The molecule has 8 nitrogen and oxygen atoms in total. The lowest BCUT2D eigenvalue weighted by molar-refractivity contribution is -0.148. The van der Waals surface area contributed by atoms with E-state index in [2.05, 4.69) is 11.7 Å². The molecule has 9 heteroatoms. The average Bonchev–Trinajstić information content (AvgIpc) is 2.52. The van der Waals surface area contributed by atoms with Crippen LogP contribution in [0.4, 0.5) is 0 Å². The maximum Gasteiger partial charge on any atom is 0.327 e. The van der Waals surface area contributed by atoms with Crippen molar-refractivity contribution >= 4 is 22.1 Å². The Morgan fingerprint density at radius 2 is 1.48 bits per heavy atom. The first-order chi connectivity index (χ1) is 11.8. The summed E-state index contributed by atoms with van der Waals surface area (Å²) in [7, 11) is -4.82. The minimum Gasteiger partial charge on any atom is -0.481 e. The molecule has 0 aliphatic heterocycles. The third-order valence-corrected chi connectivity index (χ3v) is 4.67. The van der Waals surface area contributed by atoms with E-state index >= 15 is 0 Å². The van der Waals surface area contributed by atoms with Crippen LogP contribution in [0.2, 0.25) is 0 Å². The van der Waals surface area contributed by atoms with E-state index in [1.165, 1.54) is 32.1 Å². The van der Waals surface area contributed by atoms with E-state index in [1.54, 1.807) is 0 Å². The molecule has 1 atom stereocenters. The summed E-state index contributed by atoms with van der Waals surface area (Å²) < 4.78 is 40.8. The molecule has 0 fully saturated rings. The molecule has 0 radical (unpaired) electrons. The molecule has 0 amide bonds. The van der Waals surface area contributed by atoms with Gasteiger partial charge in [0.1, 0.15) is 6.61 Å². The second kappa shape index (κ2) is 14.0. The van der Waals surface area contributed by atoms with Crippen LogP contribution in [0.15, 0.2) is 0 Å². The number of ether oxygens (including phenoxy) is 2. The summed E-state index contributed by atoms with van der Waals surface area (Å²) >= 11 is 0. The van der Waals surface area contributed by atoms with Gasteiger partial charge in [-0.25, -0.2) is 0 Å². The molecule has 0 saturated carbocycles. The summed E-state index contributed by atoms with van der Waals surface area (Å²) in [4.78, 5) is 22.1. The normalized spacial score (nSPS) is 12.7. The van der Waals surface area contributed by atoms with Crippen molar-refractivity contribution in [3.05, 3.63) is 0 Å². The summed E-state index contributed by atoms with van der Waals surface area (Å²) in [6, 6.07) is 0. The zero-order chi connectivity index (χ0) is 19.1. The zero-order valence-electron chi connectivity index (χ0n) is 14.8. The SMILES string of the molecule is CCCCCCCCCCOCCOC(=O)C(CC(=O)O)S(=O)(=O)O. The van der Waals surface area contributed by atoms with Gasteiger partial charge in [0.05, 0.1) is 13.0 Å². The molecule has 0 aromatic rings. The minimum atomic E-state index is -4.82. The largest absolute Gasteiger partial charge is 0.481 e.